The number of aromatic nitrogens is 4. The highest BCUT2D eigenvalue weighted by Crippen LogP contribution is 2.24. The van der Waals surface area contributed by atoms with Crippen LogP contribution in [-0.2, 0) is 11.2 Å². The molecule has 0 spiro atoms. The number of benzene rings is 1. The molecule has 0 aliphatic carbocycles. The molecule has 0 amide bonds. The number of carbonyl (C=O) groups is 1. The van der Waals surface area contributed by atoms with Crippen LogP contribution in [0.2, 0.25) is 5.02 Å². The van der Waals surface area contributed by atoms with E-state index in [1.165, 1.54) is 22.8 Å². The van der Waals surface area contributed by atoms with Gasteiger partial charge < -0.3 is 5.11 Å². The quantitative estimate of drug-likeness (QED) is 0.802. The van der Waals surface area contributed by atoms with Crippen molar-refractivity contribution >= 4 is 23.3 Å². The number of nitrogens with zero attached hydrogens (tertiary/aromatic N) is 4. The van der Waals surface area contributed by atoms with E-state index in [1.807, 2.05) is 0 Å². The van der Waals surface area contributed by atoms with Crippen molar-refractivity contribution in [3.05, 3.63) is 47.1 Å². The van der Waals surface area contributed by atoms with E-state index in [0.29, 0.717) is 11.3 Å². The molecule has 0 bridgehead atoms. The Morgan fingerprint density at radius 3 is 2.90 bits per heavy atom. The predicted molar refractivity (Wildman–Crippen MR) is 72.5 cm³/mol. The van der Waals surface area contributed by atoms with Crippen LogP contribution in [0.5, 0.6) is 0 Å². The summed E-state index contributed by atoms with van der Waals surface area (Å²) in [4.78, 5) is 18.8. The van der Waals surface area contributed by atoms with E-state index in [0.717, 1.165) is 0 Å². The van der Waals surface area contributed by atoms with E-state index in [2.05, 4.69) is 15.1 Å². The van der Waals surface area contributed by atoms with Gasteiger partial charge in [0, 0.05) is 11.8 Å². The maximum Gasteiger partial charge on any atom is 0.311 e. The Kier molecular flexibility index (Phi) is 3.26. The van der Waals surface area contributed by atoms with Crippen LogP contribution in [0.25, 0.3) is 17.0 Å². The minimum atomic E-state index is -1.03. The Balaban J connectivity index is 2.15. The molecule has 3 rings (SSSR count). The molecule has 1 N–H and O–H groups in total. The van der Waals surface area contributed by atoms with Gasteiger partial charge in [-0.1, -0.05) is 11.6 Å². The first-order chi connectivity index (χ1) is 10.0. The molecule has 106 valence electrons. The van der Waals surface area contributed by atoms with E-state index in [-0.39, 0.29) is 23.0 Å². The lowest BCUT2D eigenvalue weighted by Crippen LogP contribution is -2.02. The number of fused-ring (bicyclic) bond motifs is 1. The fraction of sp³-hybridized carbons (Fsp3) is 0.0769. The van der Waals surface area contributed by atoms with Gasteiger partial charge in [-0.15, -0.1) is 5.10 Å². The van der Waals surface area contributed by atoms with Gasteiger partial charge in [-0.3, -0.25) is 4.79 Å². The summed E-state index contributed by atoms with van der Waals surface area (Å²) in [6.45, 7) is 0. The number of carboxylic acid groups (broad SMARTS) is 1. The third-order valence-electron chi connectivity index (χ3n) is 2.81. The van der Waals surface area contributed by atoms with Gasteiger partial charge in [0.05, 0.1) is 10.7 Å². The second-order valence-corrected chi connectivity index (χ2v) is 4.68. The lowest BCUT2D eigenvalue weighted by atomic mass is 10.1. The molecule has 0 radical (unpaired) electrons. The van der Waals surface area contributed by atoms with Crippen LogP contribution in [-0.4, -0.2) is 30.7 Å². The van der Waals surface area contributed by atoms with Crippen LogP contribution in [0.1, 0.15) is 5.82 Å². The summed E-state index contributed by atoms with van der Waals surface area (Å²) < 4.78 is 14.6. The van der Waals surface area contributed by atoms with Crippen LogP contribution in [0.4, 0.5) is 4.39 Å². The summed E-state index contributed by atoms with van der Waals surface area (Å²) in [6, 6.07) is 5.92. The maximum atomic E-state index is 13.2. The number of halogens is 2. The Hall–Kier alpha value is -2.54. The van der Waals surface area contributed by atoms with Crippen molar-refractivity contribution in [2.24, 2.45) is 0 Å². The molecule has 0 aliphatic rings. The molecule has 21 heavy (non-hydrogen) atoms. The Morgan fingerprint density at radius 2 is 2.19 bits per heavy atom. The molecular formula is C13H8ClFN4O2. The fourth-order valence-corrected chi connectivity index (χ4v) is 2.10. The monoisotopic (exact) mass is 306 g/mol. The molecule has 0 saturated heterocycles. The first kappa shape index (κ1) is 13.4. The third-order valence-corrected chi connectivity index (χ3v) is 3.10. The number of carboxylic acids is 1. The molecule has 1 aromatic carbocycles. The largest absolute Gasteiger partial charge is 0.481 e. The average molecular weight is 307 g/mol. The zero-order valence-electron chi connectivity index (χ0n) is 10.5. The molecule has 0 unspecified atom stereocenters. The topological polar surface area (TPSA) is 80.4 Å². The van der Waals surface area contributed by atoms with Crippen molar-refractivity contribution in [2.45, 2.75) is 6.42 Å². The molecular weight excluding hydrogens is 299 g/mol. The standard InChI is InChI=1S/C13H8ClFN4O2/c14-8-5-7(1-2-9(8)15)10-3-4-16-13-17-11(6-12(20)21)18-19(10)13/h1-5H,6H2,(H,20,21). The van der Waals surface area contributed by atoms with Crippen LogP contribution in [0, 0.1) is 5.82 Å². The van der Waals surface area contributed by atoms with E-state index >= 15 is 0 Å². The van der Waals surface area contributed by atoms with Crippen LogP contribution < -0.4 is 0 Å². The number of rotatable bonds is 3. The SMILES string of the molecule is O=C(O)Cc1nc2nccc(-c3ccc(F)c(Cl)c3)n2n1. The first-order valence-corrected chi connectivity index (χ1v) is 6.30. The van der Waals surface area contributed by atoms with Gasteiger partial charge in [-0.05, 0) is 24.3 Å². The number of hydrogen-bond acceptors (Lipinski definition) is 4. The molecule has 3 aromatic rings. The van der Waals surface area contributed by atoms with Crippen molar-refractivity contribution < 1.29 is 14.3 Å². The van der Waals surface area contributed by atoms with Crippen LogP contribution in [0.15, 0.2) is 30.5 Å². The van der Waals surface area contributed by atoms with E-state index in [1.54, 1.807) is 12.1 Å². The molecule has 0 atom stereocenters. The molecule has 8 heteroatoms. The van der Waals surface area contributed by atoms with Crippen molar-refractivity contribution in [1.29, 1.82) is 0 Å². The Labute approximate surface area is 122 Å². The van der Waals surface area contributed by atoms with Crippen molar-refractivity contribution in [2.75, 3.05) is 0 Å². The summed E-state index contributed by atoms with van der Waals surface area (Å²) in [7, 11) is 0. The van der Waals surface area contributed by atoms with Crippen LogP contribution in [0.3, 0.4) is 0 Å². The lowest BCUT2D eigenvalue weighted by molar-refractivity contribution is -0.136. The second-order valence-electron chi connectivity index (χ2n) is 4.27. The summed E-state index contributed by atoms with van der Waals surface area (Å²) in [6.07, 6.45) is 1.22. The summed E-state index contributed by atoms with van der Waals surface area (Å²) >= 11 is 5.78. The van der Waals surface area contributed by atoms with E-state index in [4.69, 9.17) is 16.7 Å². The minimum Gasteiger partial charge on any atom is -0.481 e. The highest BCUT2D eigenvalue weighted by molar-refractivity contribution is 6.31. The first-order valence-electron chi connectivity index (χ1n) is 5.92. The van der Waals surface area contributed by atoms with Gasteiger partial charge in [0.15, 0.2) is 5.82 Å². The van der Waals surface area contributed by atoms with Gasteiger partial charge in [0.2, 0.25) is 0 Å². The molecule has 2 heterocycles. The van der Waals surface area contributed by atoms with Gasteiger partial charge in [-0.2, -0.15) is 9.50 Å². The third kappa shape index (κ3) is 2.55. The highest BCUT2D eigenvalue weighted by Gasteiger charge is 2.13. The Morgan fingerprint density at radius 1 is 1.38 bits per heavy atom. The van der Waals surface area contributed by atoms with Crippen molar-refractivity contribution in [3.8, 4) is 11.3 Å². The van der Waals surface area contributed by atoms with Gasteiger partial charge in [0.25, 0.3) is 5.78 Å². The van der Waals surface area contributed by atoms with Crippen molar-refractivity contribution in [1.82, 2.24) is 19.6 Å². The Bertz CT molecular complexity index is 849. The lowest BCUT2D eigenvalue weighted by Gasteiger charge is -2.04. The molecule has 0 aliphatic heterocycles. The zero-order chi connectivity index (χ0) is 15.0. The zero-order valence-corrected chi connectivity index (χ0v) is 11.3. The number of hydrogen-bond donors (Lipinski definition) is 1. The fourth-order valence-electron chi connectivity index (χ4n) is 1.92. The van der Waals surface area contributed by atoms with Gasteiger partial charge in [0.1, 0.15) is 12.2 Å². The van der Waals surface area contributed by atoms with Gasteiger partial charge in [-0.25, -0.2) is 9.37 Å². The van der Waals surface area contributed by atoms with E-state index in [9.17, 15) is 9.18 Å². The minimum absolute atomic E-state index is 0.0108. The molecule has 6 nitrogen and oxygen atoms in total. The molecule has 0 fully saturated rings. The highest BCUT2D eigenvalue weighted by atomic mass is 35.5. The molecule has 0 saturated carbocycles. The number of aliphatic carboxylic acids is 1. The van der Waals surface area contributed by atoms with E-state index < -0.39 is 11.8 Å². The predicted octanol–water partition coefficient (Wildman–Crippen LogP) is 2.21. The van der Waals surface area contributed by atoms with Crippen molar-refractivity contribution in [3.63, 3.8) is 0 Å². The summed E-state index contributed by atoms with van der Waals surface area (Å²) in [5.41, 5.74) is 1.21. The van der Waals surface area contributed by atoms with Gasteiger partial charge >= 0.3 is 5.97 Å². The summed E-state index contributed by atoms with van der Waals surface area (Å²) in [5.74, 6) is -1.13. The second kappa shape index (κ2) is 5.10. The van der Waals surface area contributed by atoms with Crippen LogP contribution >= 0.6 is 11.6 Å². The smallest absolute Gasteiger partial charge is 0.311 e. The normalized spacial score (nSPS) is 11.0. The maximum absolute atomic E-state index is 13.2. The average Bonchev–Trinajstić information content (AvgIpc) is 2.83. The summed E-state index contributed by atoms with van der Waals surface area (Å²) in [5, 5.41) is 12.9. The molecule has 2 aromatic heterocycles.